The van der Waals surface area contributed by atoms with E-state index >= 15 is 0 Å². The van der Waals surface area contributed by atoms with Crippen molar-refractivity contribution in [1.82, 2.24) is 10.2 Å². The number of hydrogen-bond acceptors (Lipinski definition) is 6. The molecule has 1 atom stereocenters. The number of ether oxygens (including phenoxy) is 2. The molecule has 4 amide bonds. The van der Waals surface area contributed by atoms with Gasteiger partial charge in [-0.05, 0) is 57.1 Å². The molecule has 0 aromatic heterocycles. The van der Waals surface area contributed by atoms with Crippen LogP contribution >= 0.6 is 11.6 Å². The number of esters is 1. The Morgan fingerprint density at radius 3 is 2.59 bits per heavy atom. The highest BCUT2D eigenvalue weighted by Crippen LogP contribution is 2.36. The standard InChI is InChI=1S/C22H28ClN3O6/c1-12-5-7-22(8-6-12)20(29)26(21(30)25-22)11-18(27)32-14(3)19(28)24-16-9-13(2)15(23)10-17(16)31-4/h9-10,12,14H,5-8,11H2,1-4H3,(H,24,28)(H,25,30). The van der Waals surface area contributed by atoms with Gasteiger partial charge in [-0.3, -0.25) is 19.3 Å². The van der Waals surface area contributed by atoms with Crippen molar-refractivity contribution < 1.29 is 28.7 Å². The van der Waals surface area contributed by atoms with Gasteiger partial charge >= 0.3 is 12.0 Å². The normalized spacial score (nSPS) is 23.7. The Morgan fingerprint density at radius 2 is 1.97 bits per heavy atom. The second-order valence-corrected chi connectivity index (χ2v) is 8.92. The molecule has 174 valence electrons. The number of urea groups is 1. The Hall–Kier alpha value is -2.81. The summed E-state index contributed by atoms with van der Waals surface area (Å²) in [7, 11) is 1.44. The fraction of sp³-hybridized carbons (Fsp3) is 0.545. The summed E-state index contributed by atoms with van der Waals surface area (Å²) in [5, 5.41) is 5.87. The van der Waals surface area contributed by atoms with Crippen LogP contribution < -0.4 is 15.4 Å². The molecule has 2 fully saturated rings. The second kappa shape index (κ2) is 9.36. The summed E-state index contributed by atoms with van der Waals surface area (Å²) in [6.07, 6.45) is 1.59. The fourth-order valence-corrected chi connectivity index (χ4v) is 4.15. The lowest BCUT2D eigenvalue weighted by molar-refractivity contribution is -0.155. The average molecular weight is 466 g/mol. The summed E-state index contributed by atoms with van der Waals surface area (Å²) in [5.74, 6) is -1.000. The molecule has 1 unspecified atom stereocenters. The molecule has 1 heterocycles. The van der Waals surface area contributed by atoms with Crippen molar-refractivity contribution in [3.63, 3.8) is 0 Å². The molecule has 1 saturated heterocycles. The number of benzene rings is 1. The predicted molar refractivity (Wildman–Crippen MR) is 118 cm³/mol. The Kier molecular flexibility index (Phi) is 6.97. The molecule has 0 bridgehead atoms. The Morgan fingerprint density at radius 1 is 1.31 bits per heavy atom. The van der Waals surface area contributed by atoms with Crippen LogP contribution in [-0.2, 0) is 19.1 Å². The molecular weight excluding hydrogens is 438 g/mol. The molecule has 0 radical (unpaired) electrons. The van der Waals surface area contributed by atoms with Gasteiger partial charge in [0.05, 0.1) is 12.8 Å². The van der Waals surface area contributed by atoms with Gasteiger partial charge in [0.15, 0.2) is 6.10 Å². The van der Waals surface area contributed by atoms with E-state index in [9.17, 15) is 19.2 Å². The van der Waals surface area contributed by atoms with E-state index in [2.05, 4.69) is 17.6 Å². The first-order chi connectivity index (χ1) is 15.1. The van der Waals surface area contributed by atoms with Gasteiger partial charge in [0, 0.05) is 11.1 Å². The van der Waals surface area contributed by atoms with Crippen LogP contribution in [0.3, 0.4) is 0 Å². The van der Waals surface area contributed by atoms with E-state index in [1.165, 1.54) is 14.0 Å². The van der Waals surface area contributed by atoms with Crippen LogP contribution in [0.1, 0.15) is 45.1 Å². The molecule has 2 N–H and O–H groups in total. The van der Waals surface area contributed by atoms with Gasteiger partial charge in [-0.2, -0.15) is 0 Å². The number of halogens is 1. The molecule has 1 aliphatic heterocycles. The number of aryl methyl sites for hydroxylation is 1. The Bertz CT molecular complexity index is 942. The lowest BCUT2D eigenvalue weighted by atomic mass is 9.77. The van der Waals surface area contributed by atoms with Gasteiger partial charge in [-0.15, -0.1) is 0 Å². The van der Waals surface area contributed by atoms with Crippen LogP contribution in [0.25, 0.3) is 0 Å². The zero-order chi connectivity index (χ0) is 23.6. The average Bonchev–Trinajstić information content (AvgIpc) is 2.96. The molecule has 2 aliphatic rings. The Labute approximate surface area is 191 Å². The third kappa shape index (κ3) is 4.82. The number of nitrogens with zero attached hydrogens (tertiary/aromatic N) is 1. The third-order valence-corrected chi connectivity index (χ3v) is 6.48. The monoisotopic (exact) mass is 465 g/mol. The van der Waals surface area contributed by atoms with Gasteiger partial charge < -0.3 is 20.1 Å². The maximum absolute atomic E-state index is 12.9. The number of rotatable bonds is 6. The minimum absolute atomic E-state index is 0.360. The van der Waals surface area contributed by atoms with Crippen molar-refractivity contribution in [2.45, 2.75) is 58.1 Å². The van der Waals surface area contributed by atoms with E-state index in [-0.39, 0.29) is 0 Å². The lowest BCUT2D eigenvalue weighted by Crippen LogP contribution is -2.49. The number of imide groups is 1. The van der Waals surface area contributed by atoms with Gasteiger partial charge in [0.1, 0.15) is 17.8 Å². The van der Waals surface area contributed by atoms with Crippen molar-refractivity contribution in [2.75, 3.05) is 19.0 Å². The SMILES string of the molecule is COc1cc(Cl)c(C)cc1NC(=O)C(C)OC(=O)CN1C(=O)NC2(CCC(C)CC2)C1=O. The van der Waals surface area contributed by atoms with Crippen LogP contribution in [0.2, 0.25) is 5.02 Å². The van der Waals surface area contributed by atoms with Crippen molar-refractivity contribution in [1.29, 1.82) is 0 Å². The lowest BCUT2D eigenvalue weighted by Gasteiger charge is -2.33. The highest BCUT2D eigenvalue weighted by Gasteiger charge is 2.52. The van der Waals surface area contributed by atoms with Crippen LogP contribution in [0.4, 0.5) is 10.5 Å². The van der Waals surface area contributed by atoms with Gasteiger partial charge in [-0.1, -0.05) is 18.5 Å². The van der Waals surface area contributed by atoms with Gasteiger partial charge in [0.25, 0.3) is 11.8 Å². The first-order valence-corrected chi connectivity index (χ1v) is 10.9. The molecule has 1 saturated carbocycles. The topological polar surface area (TPSA) is 114 Å². The van der Waals surface area contributed by atoms with E-state index in [0.717, 1.165) is 23.3 Å². The van der Waals surface area contributed by atoms with Crippen molar-refractivity contribution in [3.8, 4) is 5.75 Å². The molecular formula is C22H28ClN3O6. The van der Waals surface area contributed by atoms with E-state index in [4.69, 9.17) is 21.1 Å². The highest BCUT2D eigenvalue weighted by molar-refractivity contribution is 6.31. The molecule has 3 rings (SSSR count). The molecule has 10 heteroatoms. The van der Waals surface area contributed by atoms with Gasteiger partial charge in [0.2, 0.25) is 0 Å². The zero-order valence-corrected chi connectivity index (χ0v) is 19.4. The maximum atomic E-state index is 12.9. The van der Waals surface area contributed by atoms with E-state index in [1.54, 1.807) is 19.1 Å². The quantitative estimate of drug-likeness (QED) is 0.493. The molecule has 1 spiro atoms. The van der Waals surface area contributed by atoms with Crippen molar-refractivity contribution >= 4 is 41.1 Å². The van der Waals surface area contributed by atoms with Crippen molar-refractivity contribution in [2.24, 2.45) is 5.92 Å². The first kappa shape index (κ1) is 23.8. The summed E-state index contributed by atoms with van der Waals surface area (Å²) in [6, 6.07) is 2.61. The Balaban J connectivity index is 1.59. The first-order valence-electron chi connectivity index (χ1n) is 10.5. The maximum Gasteiger partial charge on any atom is 0.327 e. The number of nitrogens with one attached hydrogen (secondary N) is 2. The highest BCUT2D eigenvalue weighted by atomic mass is 35.5. The minimum Gasteiger partial charge on any atom is -0.495 e. The van der Waals surface area contributed by atoms with Crippen LogP contribution in [-0.4, -0.2) is 54.0 Å². The van der Waals surface area contributed by atoms with E-state index in [0.29, 0.717) is 35.2 Å². The molecule has 32 heavy (non-hydrogen) atoms. The second-order valence-electron chi connectivity index (χ2n) is 8.51. The summed E-state index contributed by atoms with van der Waals surface area (Å²) in [4.78, 5) is 51.0. The smallest absolute Gasteiger partial charge is 0.327 e. The summed E-state index contributed by atoms with van der Waals surface area (Å²) >= 11 is 6.07. The van der Waals surface area contributed by atoms with Gasteiger partial charge in [-0.25, -0.2) is 4.79 Å². The number of methoxy groups -OCH3 is 1. The number of carbonyl (C=O) groups excluding carboxylic acids is 4. The van der Waals surface area contributed by atoms with E-state index in [1.807, 2.05) is 0 Å². The van der Waals surface area contributed by atoms with E-state index < -0.39 is 42.0 Å². The van der Waals surface area contributed by atoms with Crippen molar-refractivity contribution in [3.05, 3.63) is 22.7 Å². The zero-order valence-electron chi connectivity index (χ0n) is 18.6. The number of carbonyl (C=O) groups is 4. The fourth-order valence-electron chi connectivity index (χ4n) is 3.99. The molecule has 1 aliphatic carbocycles. The number of amides is 4. The summed E-state index contributed by atoms with van der Waals surface area (Å²) in [5.41, 5.74) is 0.178. The summed E-state index contributed by atoms with van der Waals surface area (Å²) in [6.45, 7) is 4.73. The number of anilines is 1. The third-order valence-electron chi connectivity index (χ3n) is 6.08. The number of hydrogen-bond donors (Lipinski definition) is 2. The van der Waals surface area contributed by atoms with Crippen LogP contribution in [0, 0.1) is 12.8 Å². The van der Waals surface area contributed by atoms with Crippen LogP contribution in [0.15, 0.2) is 12.1 Å². The molecule has 1 aromatic carbocycles. The predicted octanol–water partition coefficient (Wildman–Crippen LogP) is 3.03. The molecule has 9 nitrogen and oxygen atoms in total. The summed E-state index contributed by atoms with van der Waals surface area (Å²) < 4.78 is 10.4. The largest absolute Gasteiger partial charge is 0.495 e. The van der Waals surface area contributed by atoms with Crippen LogP contribution in [0.5, 0.6) is 5.75 Å². The molecule has 1 aromatic rings. The minimum atomic E-state index is -1.16.